The maximum absolute atomic E-state index is 11.8. The van der Waals surface area contributed by atoms with Gasteiger partial charge in [-0.2, -0.15) is 0 Å². The molecule has 15 heavy (non-hydrogen) atoms. The van der Waals surface area contributed by atoms with Gasteiger partial charge < -0.3 is 10.0 Å². The number of nitrogens with zero attached hydrogens (tertiary/aromatic N) is 1. The summed E-state index contributed by atoms with van der Waals surface area (Å²) in [6.45, 7) is 5.11. The molecule has 1 fully saturated rings. The molecule has 1 heterocycles. The highest BCUT2D eigenvalue weighted by molar-refractivity contribution is 5.79. The second-order valence-corrected chi connectivity index (χ2v) is 4.25. The van der Waals surface area contributed by atoms with E-state index in [2.05, 4.69) is 0 Å². The summed E-state index contributed by atoms with van der Waals surface area (Å²) in [4.78, 5) is 24.3. The number of carbonyl (C=O) groups is 2. The second kappa shape index (κ2) is 5.14. The number of amides is 1. The molecule has 1 aliphatic rings. The number of carboxylic acids is 1. The number of carboxylic acid groups (broad SMARTS) is 1. The van der Waals surface area contributed by atoms with Gasteiger partial charge in [-0.25, -0.2) is 0 Å². The Hall–Kier alpha value is -1.06. The summed E-state index contributed by atoms with van der Waals surface area (Å²) < 4.78 is 0. The van der Waals surface area contributed by atoms with Crippen molar-refractivity contribution >= 4 is 11.9 Å². The third-order valence-corrected chi connectivity index (χ3v) is 3.19. The molecule has 1 unspecified atom stereocenters. The topological polar surface area (TPSA) is 57.6 Å². The molecule has 0 aliphatic carbocycles. The SMILES string of the molecule is CCC(C)C(=O)N1CCC(C(=O)O)CC1. The van der Waals surface area contributed by atoms with Crippen LogP contribution in [0, 0.1) is 11.8 Å². The Morgan fingerprint density at radius 2 is 1.93 bits per heavy atom. The minimum atomic E-state index is -0.731. The summed E-state index contributed by atoms with van der Waals surface area (Å²) in [7, 11) is 0. The standard InChI is InChI=1S/C11H19NO3/c1-3-8(2)10(13)12-6-4-9(5-7-12)11(14)15/h8-9H,3-7H2,1-2H3,(H,14,15). The van der Waals surface area contributed by atoms with Gasteiger partial charge in [-0.3, -0.25) is 9.59 Å². The zero-order valence-corrected chi connectivity index (χ0v) is 9.40. The lowest BCUT2D eigenvalue weighted by atomic mass is 9.96. The summed E-state index contributed by atoms with van der Waals surface area (Å²) in [6, 6.07) is 0. The highest BCUT2D eigenvalue weighted by Gasteiger charge is 2.28. The normalized spacial score (nSPS) is 20.0. The summed E-state index contributed by atoms with van der Waals surface area (Å²) in [5.74, 6) is -0.760. The molecule has 0 aromatic carbocycles. The summed E-state index contributed by atoms with van der Waals surface area (Å²) in [5, 5.41) is 8.82. The van der Waals surface area contributed by atoms with E-state index in [1.807, 2.05) is 13.8 Å². The van der Waals surface area contributed by atoms with Crippen molar-refractivity contribution in [3.63, 3.8) is 0 Å². The molecule has 4 heteroatoms. The number of rotatable bonds is 3. The Kier molecular flexibility index (Phi) is 4.12. The zero-order chi connectivity index (χ0) is 11.4. The first kappa shape index (κ1) is 12.0. The molecule has 1 amide bonds. The van der Waals surface area contributed by atoms with E-state index in [-0.39, 0.29) is 17.7 Å². The Labute approximate surface area is 90.3 Å². The average molecular weight is 213 g/mol. The van der Waals surface area contributed by atoms with E-state index < -0.39 is 5.97 Å². The van der Waals surface area contributed by atoms with Crippen molar-refractivity contribution in [1.82, 2.24) is 4.90 Å². The van der Waals surface area contributed by atoms with Crippen LogP contribution in [0.5, 0.6) is 0 Å². The number of carbonyl (C=O) groups excluding carboxylic acids is 1. The van der Waals surface area contributed by atoms with Crippen LogP contribution in [0.25, 0.3) is 0 Å². The van der Waals surface area contributed by atoms with Gasteiger partial charge in [-0.05, 0) is 19.3 Å². The molecule has 0 aromatic heterocycles. The van der Waals surface area contributed by atoms with Crippen LogP contribution in [0.3, 0.4) is 0 Å². The van der Waals surface area contributed by atoms with Gasteiger partial charge in [0, 0.05) is 19.0 Å². The summed E-state index contributed by atoms with van der Waals surface area (Å²) in [5.41, 5.74) is 0. The third kappa shape index (κ3) is 2.94. The molecule has 0 bridgehead atoms. The number of piperidine rings is 1. The van der Waals surface area contributed by atoms with Crippen molar-refractivity contribution in [1.29, 1.82) is 0 Å². The lowest BCUT2D eigenvalue weighted by molar-refractivity contribution is -0.146. The maximum atomic E-state index is 11.8. The first-order valence-electron chi connectivity index (χ1n) is 5.57. The van der Waals surface area contributed by atoms with E-state index in [0.717, 1.165) is 6.42 Å². The van der Waals surface area contributed by atoms with Gasteiger partial charge in [0.25, 0.3) is 0 Å². The molecule has 1 saturated heterocycles. The molecule has 0 radical (unpaired) electrons. The largest absolute Gasteiger partial charge is 0.481 e. The highest BCUT2D eigenvalue weighted by atomic mass is 16.4. The Morgan fingerprint density at radius 3 is 2.33 bits per heavy atom. The molecule has 1 rings (SSSR count). The fourth-order valence-corrected chi connectivity index (χ4v) is 1.83. The van der Waals surface area contributed by atoms with E-state index >= 15 is 0 Å². The zero-order valence-electron chi connectivity index (χ0n) is 9.40. The van der Waals surface area contributed by atoms with Crippen LogP contribution in [0.15, 0.2) is 0 Å². The van der Waals surface area contributed by atoms with Gasteiger partial charge in [-0.15, -0.1) is 0 Å². The highest BCUT2D eigenvalue weighted by Crippen LogP contribution is 2.19. The number of hydrogen-bond donors (Lipinski definition) is 1. The Balaban J connectivity index is 2.43. The molecule has 1 aliphatic heterocycles. The van der Waals surface area contributed by atoms with E-state index in [0.29, 0.717) is 25.9 Å². The fraction of sp³-hybridized carbons (Fsp3) is 0.818. The van der Waals surface area contributed by atoms with Gasteiger partial charge in [0.2, 0.25) is 5.91 Å². The van der Waals surface area contributed by atoms with Crippen LogP contribution in [0.1, 0.15) is 33.1 Å². The van der Waals surface area contributed by atoms with Crippen molar-refractivity contribution in [2.45, 2.75) is 33.1 Å². The first-order chi connectivity index (χ1) is 7.06. The van der Waals surface area contributed by atoms with E-state index in [1.54, 1.807) is 4.90 Å². The van der Waals surface area contributed by atoms with Crippen LogP contribution in [0.4, 0.5) is 0 Å². The molecule has 86 valence electrons. The second-order valence-electron chi connectivity index (χ2n) is 4.25. The number of hydrogen-bond acceptors (Lipinski definition) is 2. The van der Waals surface area contributed by atoms with Gasteiger partial charge in [0.15, 0.2) is 0 Å². The first-order valence-corrected chi connectivity index (χ1v) is 5.57. The van der Waals surface area contributed by atoms with Crippen LogP contribution >= 0.6 is 0 Å². The summed E-state index contributed by atoms with van der Waals surface area (Å²) in [6.07, 6.45) is 2.03. The third-order valence-electron chi connectivity index (χ3n) is 3.19. The minimum absolute atomic E-state index is 0.0615. The van der Waals surface area contributed by atoms with Crippen molar-refractivity contribution in [2.24, 2.45) is 11.8 Å². The Morgan fingerprint density at radius 1 is 1.40 bits per heavy atom. The maximum Gasteiger partial charge on any atom is 0.306 e. The van der Waals surface area contributed by atoms with Crippen molar-refractivity contribution in [3.05, 3.63) is 0 Å². The molecule has 0 spiro atoms. The van der Waals surface area contributed by atoms with Crippen LogP contribution in [-0.4, -0.2) is 35.0 Å². The van der Waals surface area contributed by atoms with Crippen molar-refractivity contribution < 1.29 is 14.7 Å². The lowest BCUT2D eigenvalue weighted by Crippen LogP contribution is -2.42. The molecular weight excluding hydrogens is 194 g/mol. The molecular formula is C11H19NO3. The van der Waals surface area contributed by atoms with Crippen LogP contribution in [0.2, 0.25) is 0 Å². The summed E-state index contributed by atoms with van der Waals surface area (Å²) >= 11 is 0. The lowest BCUT2D eigenvalue weighted by Gasteiger charge is -2.31. The van der Waals surface area contributed by atoms with Crippen molar-refractivity contribution in [2.75, 3.05) is 13.1 Å². The molecule has 0 aromatic rings. The predicted octanol–water partition coefficient (Wildman–Crippen LogP) is 1.36. The van der Waals surface area contributed by atoms with Crippen LogP contribution < -0.4 is 0 Å². The van der Waals surface area contributed by atoms with Crippen molar-refractivity contribution in [3.8, 4) is 0 Å². The minimum Gasteiger partial charge on any atom is -0.481 e. The van der Waals surface area contributed by atoms with Crippen LogP contribution in [-0.2, 0) is 9.59 Å². The monoisotopic (exact) mass is 213 g/mol. The number of aliphatic carboxylic acids is 1. The van der Waals surface area contributed by atoms with Gasteiger partial charge in [-0.1, -0.05) is 13.8 Å². The van der Waals surface area contributed by atoms with E-state index in [4.69, 9.17) is 5.11 Å². The quantitative estimate of drug-likeness (QED) is 0.770. The fourth-order valence-electron chi connectivity index (χ4n) is 1.83. The van der Waals surface area contributed by atoms with Gasteiger partial charge in [0.1, 0.15) is 0 Å². The van der Waals surface area contributed by atoms with Gasteiger partial charge in [0.05, 0.1) is 5.92 Å². The smallest absolute Gasteiger partial charge is 0.306 e. The predicted molar refractivity (Wildman–Crippen MR) is 56.4 cm³/mol. The van der Waals surface area contributed by atoms with Gasteiger partial charge >= 0.3 is 5.97 Å². The van der Waals surface area contributed by atoms with E-state index in [9.17, 15) is 9.59 Å². The average Bonchev–Trinajstić information content (AvgIpc) is 2.27. The Bertz CT molecular complexity index is 244. The molecule has 4 nitrogen and oxygen atoms in total. The molecule has 0 saturated carbocycles. The molecule has 1 N–H and O–H groups in total. The van der Waals surface area contributed by atoms with E-state index in [1.165, 1.54) is 0 Å². The number of likely N-dealkylation sites (tertiary alicyclic amines) is 1. The molecule has 1 atom stereocenters.